The van der Waals surface area contributed by atoms with E-state index in [4.69, 9.17) is 28.4 Å². The quantitative estimate of drug-likeness (QED) is 0.516. The monoisotopic (exact) mass is 408 g/mol. The third-order valence-corrected chi connectivity index (χ3v) is 6.80. The van der Waals surface area contributed by atoms with Crippen molar-refractivity contribution in [3.63, 3.8) is 0 Å². The van der Waals surface area contributed by atoms with Crippen LogP contribution in [0.2, 0.25) is 0 Å². The summed E-state index contributed by atoms with van der Waals surface area (Å²) in [6.07, 6.45) is 5.32. The average Bonchev–Trinajstić information content (AvgIpc) is 3.49. The molecule has 0 bridgehead atoms. The van der Waals surface area contributed by atoms with E-state index in [2.05, 4.69) is 6.58 Å². The van der Waals surface area contributed by atoms with Crippen molar-refractivity contribution in [2.24, 2.45) is 0 Å². The zero-order valence-electron chi connectivity index (χ0n) is 16.8. The van der Waals surface area contributed by atoms with Gasteiger partial charge in [-0.05, 0) is 32.6 Å². The fourth-order valence-corrected chi connectivity index (χ4v) is 5.30. The molecular formula is C21H28O8. The lowest BCUT2D eigenvalue weighted by molar-refractivity contribution is -0.224. The van der Waals surface area contributed by atoms with E-state index in [1.807, 2.05) is 0 Å². The Labute approximate surface area is 169 Å². The van der Waals surface area contributed by atoms with Gasteiger partial charge in [-0.3, -0.25) is 0 Å². The first-order valence-electron chi connectivity index (χ1n) is 10.6. The highest BCUT2D eigenvalue weighted by atomic mass is 16.8. The van der Waals surface area contributed by atoms with Gasteiger partial charge in [0.2, 0.25) is 5.60 Å². The molecule has 3 heterocycles. The highest BCUT2D eigenvalue weighted by molar-refractivity contribution is 5.88. The van der Waals surface area contributed by atoms with Gasteiger partial charge in [0.1, 0.15) is 18.8 Å². The second kappa shape index (κ2) is 6.77. The molecule has 0 aromatic carbocycles. The SMILES string of the molecule is C=C(C)C(=O)OCC12OC3(CCCC3)OC1C(C1COC3(CCCC3)O1)OC2=O. The Morgan fingerprint density at radius 1 is 1.10 bits per heavy atom. The third-order valence-electron chi connectivity index (χ3n) is 6.80. The normalized spacial score (nSPS) is 39.2. The summed E-state index contributed by atoms with van der Waals surface area (Å²) in [7, 11) is 0. The van der Waals surface area contributed by atoms with Crippen LogP contribution < -0.4 is 0 Å². The molecular weight excluding hydrogens is 380 g/mol. The standard InChI is InChI=1S/C21H28O8/c1-13(2)17(22)24-12-21-16(28-20(29-21)9-5-6-10-20)15(26-18(21)23)14-11-25-19(27-14)7-3-4-8-19/h14-16H,1,3-12H2,2H3. The minimum Gasteiger partial charge on any atom is -0.458 e. The van der Waals surface area contributed by atoms with Crippen molar-refractivity contribution in [2.75, 3.05) is 13.2 Å². The van der Waals surface area contributed by atoms with Crippen molar-refractivity contribution in [3.05, 3.63) is 12.2 Å². The number of carbonyl (C=O) groups excluding carboxylic acids is 2. The number of ether oxygens (including phenoxy) is 6. The number of rotatable bonds is 4. The number of hydrogen-bond donors (Lipinski definition) is 0. The van der Waals surface area contributed by atoms with Gasteiger partial charge in [0, 0.05) is 31.3 Å². The first kappa shape index (κ1) is 19.5. The molecule has 29 heavy (non-hydrogen) atoms. The van der Waals surface area contributed by atoms with Crippen LogP contribution in [0.25, 0.3) is 0 Å². The van der Waals surface area contributed by atoms with Crippen LogP contribution in [0.5, 0.6) is 0 Å². The summed E-state index contributed by atoms with van der Waals surface area (Å²) >= 11 is 0. The van der Waals surface area contributed by atoms with Crippen molar-refractivity contribution < 1.29 is 38.0 Å². The number of cyclic esters (lactones) is 1. The molecule has 4 atom stereocenters. The predicted molar refractivity (Wildman–Crippen MR) is 97.6 cm³/mol. The predicted octanol–water partition coefficient (Wildman–Crippen LogP) is 2.14. The lowest BCUT2D eigenvalue weighted by atomic mass is 9.94. The van der Waals surface area contributed by atoms with E-state index in [0.29, 0.717) is 19.4 Å². The fraction of sp³-hybridized carbons (Fsp3) is 0.810. The third kappa shape index (κ3) is 3.03. The number of fused-ring (bicyclic) bond motifs is 1. The second-order valence-electron chi connectivity index (χ2n) is 8.96. The van der Waals surface area contributed by atoms with Crippen LogP contribution in [0.1, 0.15) is 58.3 Å². The summed E-state index contributed by atoms with van der Waals surface area (Å²) < 4.78 is 35.9. The van der Waals surface area contributed by atoms with Crippen LogP contribution in [0.4, 0.5) is 0 Å². The maximum absolute atomic E-state index is 13.0. The Hall–Kier alpha value is -1.48. The Kier molecular flexibility index (Phi) is 4.55. The van der Waals surface area contributed by atoms with Crippen molar-refractivity contribution in [2.45, 2.75) is 93.8 Å². The fourth-order valence-electron chi connectivity index (χ4n) is 5.30. The Morgan fingerprint density at radius 3 is 2.41 bits per heavy atom. The topological polar surface area (TPSA) is 89.5 Å². The molecule has 160 valence electrons. The molecule has 2 saturated carbocycles. The van der Waals surface area contributed by atoms with E-state index in [9.17, 15) is 9.59 Å². The van der Waals surface area contributed by atoms with E-state index in [0.717, 1.165) is 38.5 Å². The summed E-state index contributed by atoms with van der Waals surface area (Å²) in [6, 6.07) is 0. The molecule has 8 heteroatoms. The van der Waals surface area contributed by atoms with Crippen LogP contribution in [0.3, 0.4) is 0 Å². The maximum Gasteiger partial charge on any atom is 0.345 e. The summed E-state index contributed by atoms with van der Waals surface area (Å²) in [5.41, 5.74) is -1.22. The molecule has 3 saturated heterocycles. The van der Waals surface area contributed by atoms with Gasteiger partial charge in [0.25, 0.3) is 0 Å². The van der Waals surface area contributed by atoms with Gasteiger partial charge in [0.15, 0.2) is 17.7 Å². The number of esters is 2. The van der Waals surface area contributed by atoms with Crippen molar-refractivity contribution in [1.29, 1.82) is 0 Å². The van der Waals surface area contributed by atoms with Crippen molar-refractivity contribution >= 4 is 11.9 Å². The summed E-state index contributed by atoms with van der Waals surface area (Å²) in [5, 5.41) is 0. The first-order valence-corrected chi connectivity index (χ1v) is 10.6. The smallest absolute Gasteiger partial charge is 0.345 e. The van der Waals surface area contributed by atoms with E-state index in [-0.39, 0.29) is 12.2 Å². The van der Waals surface area contributed by atoms with Crippen LogP contribution in [-0.4, -0.2) is 60.6 Å². The minimum absolute atomic E-state index is 0.256. The molecule has 5 aliphatic rings. The minimum atomic E-state index is -1.48. The summed E-state index contributed by atoms with van der Waals surface area (Å²) in [6.45, 7) is 5.23. The van der Waals surface area contributed by atoms with Crippen LogP contribution in [0.15, 0.2) is 12.2 Å². The van der Waals surface area contributed by atoms with Gasteiger partial charge >= 0.3 is 11.9 Å². The lowest BCUT2D eigenvalue weighted by Crippen LogP contribution is -2.50. The van der Waals surface area contributed by atoms with Crippen molar-refractivity contribution in [3.8, 4) is 0 Å². The molecule has 3 aliphatic heterocycles. The van der Waals surface area contributed by atoms with E-state index in [1.54, 1.807) is 6.92 Å². The number of carbonyl (C=O) groups is 2. The number of hydrogen-bond acceptors (Lipinski definition) is 8. The molecule has 0 aromatic heterocycles. The molecule has 5 rings (SSSR count). The van der Waals surface area contributed by atoms with Gasteiger partial charge in [-0.15, -0.1) is 0 Å². The lowest BCUT2D eigenvalue weighted by Gasteiger charge is -2.27. The zero-order valence-corrected chi connectivity index (χ0v) is 16.8. The van der Waals surface area contributed by atoms with E-state index in [1.165, 1.54) is 0 Å². The zero-order chi connectivity index (χ0) is 20.3. The molecule has 0 N–H and O–H groups in total. The maximum atomic E-state index is 13.0. The van der Waals surface area contributed by atoms with Gasteiger partial charge in [-0.1, -0.05) is 6.58 Å². The first-order chi connectivity index (χ1) is 13.9. The molecule has 2 spiro atoms. The molecule has 5 fully saturated rings. The van der Waals surface area contributed by atoms with Gasteiger partial charge < -0.3 is 28.4 Å². The highest BCUT2D eigenvalue weighted by Gasteiger charge is 2.72. The van der Waals surface area contributed by atoms with Crippen LogP contribution in [0, 0.1) is 0 Å². The Bertz CT molecular complexity index is 720. The Morgan fingerprint density at radius 2 is 1.76 bits per heavy atom. The average molecular weight is 408 g/mol. The molecule has 2 aliphatic carbocycles. The summed E-state index contributed by atoms with van der Waals surface area (Å²) in [4.78, 5) is 25.0. The van der Waals surface area contributed by atoms with Crippen LogP contribution in [-0.2, 0) is 38.0 Å². The Balaban J connectivity index is 1.40. The van der Waals surface area contributed by atoms with Crippen molar-refractivity contribution in [1.82, 2.24) is 0 Å². The second-order valence-corrected chi connectivity index (χ2v) is 8.96. The van der Waals surface area contributed by atoms with Gasteiger partial charge in [0.05, 0.1) is 6.61 Å². The van der Waals surface area contributed by atoms with E-state index < -0.39 is 47.4 Å². The molecule has 0 aromatic rings. The molecule has 4 unspecified atom stereocenters. The molecule has 8 nitrogen and oxygen atoms in total. The van der Waals surface area contributed by atoms with E-state index >= 15 is 0 Å². The van der Waals surface area contributed by atoms with Gasteiger partial charge in [-0.25, -0.2) is 9.59 Å². The van der Waals surface area contributed by atoms with Crippen LogP contribution >= 0.6 is 0 Å². The summed E-state index contributed by atoms with van der Waals surface area (Å²) in [5.74, 6) is -2.54. The highest BCUT2D eigenvalue weighted by Crippen LogP contribution is 2.53. The largest absolute Gasteiger partial charge is 0.458 e. The molecule has 0 amide bonds. The van der Waals surface area contributed by atoms with Gasteiger partial charge in [-0.2, -0.15) is 0 Å². The molecule has 0 radical (unpaired) electrons.